The smallest absolute Gasteiger partial charge is 0.308 e. The highest BCUT2D eigenvalue weighted by molar-refractivity contribution is 5.73. The van der Waals surface area contributed by atoms with Crippen molar-refractivity contribution in [2.45, 2.75) is 26.7 Å². The van der Waals surface area contributed by atoms with Crippen molar-refractivity contribution >= 4 is 11.9 Å². The molecule has 27 heavy (non-hydrogen) atoms. The Morgan fingerprint density at radius 2 is 1.56 bits per heavy atom. The molecule has 0 atom stereocenters. The quantitative estimate of drug-likeness (QED) is 0.588. The number of ether oxygens (including phenoxy) is 4. The lowest BCUT2D eigenvalue weighted by Crippen LogP contribution is -2.08. The molecule has 0 aromatic heterocycles. The third-order valence-corrected chi connectivity index (χ3v) is 3.76. The van der Waals surface area contributed by atoms with Crippen molar-refractivity contribution in [2.75, 3.05) is 14.2 Å². The standard InChI is InChI=1S/C20H22O7/c1-12(21)26-16-10-15(20(27-13(2)22)19(11-16)25-4)7-5-14-6-8-17(23)18(9-14)24-3/h6,8-11,23H,5,7H2,1-4H3. The lowest BCUT2D eigenvalue weighted by Gasteiger charge is -2.15. The maximum Gasteiger partial charge on any atom is 0.308 e. The number of aromatic hydroxyl groups is 1. The zero-order valence-corrected chi connectivity index (χ0v) is 15.7. The van der Waals surface area contributed by atoms with Crippen LogP contribution in [0, 0.1) is 0 Å². The Balaban J connectivity index is 2.36. The van der Waals surface area contributed by atoms with Crippen LogP contribution in [0.2, 0.25) is 0 Å². The SMILES string of the molecule is COc1cc(CCc2cc(OC(C)=O)cc(OC)c2OC(C)=O)ccc1O. The van der Waals surface area contributed by atoms with Crippen LogP contribution in [-0.2, 0) is 22.4 Å². The van der Waals surface area contributed by atoms with Crippen LogP contribution in [0.3, 0.4) is 0 Å². The Morgan fingerprint density at radius 1 is 0.889 bits per heavy atom. The van der Waals surface area contributed by atoms with Gasteiger partial charge in [-0.15, -0.1) is 0 Å². The summed E-state index contributed by atoms with van der Waals surface area (Å²) in [5.41, 5.74) is 1.56. The highest BCUT2D eigenvalue weighted by Crippen LogP contribution is 2.37. The third kappa shape index (κ3) is 5.37. The molecule has 0 saturated carbocycles. The molecule has 0 radical (unpaired) electrons. The highest BCUT2D eigenvalue weighted by atomic mass is 16.6. The first kappa shape index (κ1) is 20.1. The van der Waals surface area contributed by atoms with Gasteiger partial charge in [-0.3, -0.25) is 9.59 Å². The number of esters is 2. The molecule has 7 heteroatoms. The summed E-state index contributed by atoms with van der Waals surface area (Å²) in [7, 11) is 2.92. The monoisotopic (exact) mass is 374 g/mol. The molecule has 0 saturated heterocycles. The number of phenols is 1. The summed E-state index contributed by atoms with van der Waals surface area (Å²) < 4.78 is 20.9. The largest absolute Gasteiger partial charge is 0.504 e. The second-order valence-corrected chi connectivity index (χ2v) is 5.81. The van der Waals surface area contributed by atoms with Gasteiger partial charge in [0.2, 0.25) is 0 Å². The second-order valence-electron chi connectivity index (χ2n) is 5.81. The molecule has 0 aliphatic heterocycles. The van der Waals surface area contributed by atoms with Crippen molar-refractivity contribution in [1.82, 2.24) is 0 Å². The van der Waals surface area contributed by atoms with Crippen molar-refractivity contribution in [3.8, 4) is 28.7 Å². The number of aryl methyl sites for hydroxylation is 2. The molecule has 2 aromatic rings. The molecule has 0 aliphatic rings. The Morgan fingerprint density at radius 3 is 2.15 bits per heavy atom. The van der Waals surface area contributed by atoms with Gasteiger partial charge in [0.1, 0.15) is 5.75 Å². The lowest BCUT2D eigenvalue weighted by atomic mass is 10.0. The van der Waals surface area contributed by atoms with Crippen LogP contribution in [0.5, 0.6) is 28.7 Å². The summed E-state index contributed by atoms with van der Waals surface area (Å²) in [6.45, 7) is 2.60. The van der Waals surface area contributed by atoms with E-state index in [0.717, 1.165) is 5.56 Å². The molecule has 0 aliphatic carbocycles. The molecule has 1 N–H and O–H groups in total. The summed E-state index contributed by atoms with van der Waals surface area (Å²) in [6, 6.07) is 8.19. The Kier molecular flexibility index (Phi) is 6.65. The molecule has 0 amide bonds. The molecule has 7 nitrogen and oxygen atoms in total. The number of carbonyl (C=O) groups excluding carboxylic acids is 2. The molecule has 0 unspecified atom stereocenters. The lowest BCUT2D eigenvalue weighted by molar-refractivity contribution is -0.133. The minimum Gasteiger partial charge on any atom is -0.504 e. The van der Waals surface area contributed by atoms with E-state index in [2.05, 4.69) is 0 Å². The molecule has 2 rings (SSSR count). The van der Waals surface area contributed by atoms with Gasteiger partial charge >= 0.3 is 11.9 Å². The summed E-state index contributed by atoms with van der Waals surface area (Å²) in [6.07, 6.45) is 1.04. The van der Waals surface area contributed by atoms with Crippen molar-refractivity contribution in [2.24, 2.45) is 0 Å². The molecular formula is C20H22O7. The van der Waals surface area contributed by atoms with Crippen LogP contribution < -0.4 is 18.9 Å². The molecule has 0 heterocycles. The van der Waals surface area contributed by atoms with Crippen molar-refractivity contribution in [1.29, 1.82) is 0 Å². The summed E-state index contributed by atoms with van der Waals surface area (Å²) in [4.78, 5) is 22.8. The van der Waals surface area contributed by atoms with Gasteiger partial charge < -0.3 is 24.1 Å². The van der Waals surface area contributed by atoms with E-state index in [0.29, 0.717) is 35.7 Å². The van der Waals surface area contributed by atoms with Crippen LogP contribution >= 0.6 is 0 Å². The van der Waals surface area contributed by atoms with Gasteiger partial charge in [-0.25, -0.2) is 0 Å². The predicted molar refractivity (Wildman–Crippen MR) is 97.7 cm³/mol. The Labute approximate surface area is 157 Å². The molecule has 2 aromatic carbocycles. The number of phenolic OH excluding ortho intramolecular Hbond substituents is 1. The van der Waals surface area contributed by atoms with Crippen molar-refractivity contribution in [3.63, 3.8) is 0 Å². The van der Waals surface area contributed by atoms with E-state index < -0.39 is 11.9 Å². The van der Waals surface area contributed by atoms with Gasteiger partial charge in [0.15, 0.2) is 23.0 Å². The van der Waals surface area contributed by atoms with Crippen molar-refractivity contribution < 1.29 is 33.6 Å². The van der Waals surface area contributed by atoms with Gasteiger partial charge in [0.25, 0.3) is 0 Å². The first-order valence-corrected chi connectivity index (χ1v) is 8.27. The normalized spacial score (nSPS) is 10.2. The van der Waals surface area contributed by atoms with E-state index in [-0.39, 0.29) is 11.5 Å². The zero-order chi connectivity index (χ0) is 20.0. The van der Waals surface area contributed by atoms with Crippen LogP contribution in [0.25, 0.3) is 0 Å². The second kappa shape index (κ2) is 8.93. The minimum atomic E-state index is -0.485. The first-order valence-electron chi connectivity index (χ1n) is 8.27. The number of benzene rings is 2. The predicted octanol–water partition coefficient (Wildman–Crippen LogP) is 3.05. The van der Waals surface area contributed by atoms with Crippen LogP contribution in [0.15, 0.2) is 30.3 Å². The van der Waals surface area contributed by atoms with E-state index in [1.165, 1.54) is 34.1 Å². The summed E-state index contributed by atoms with van der Waals surface area (Å²) in [5, 5.41) is 9.70. The number of carbonyl (C=O) groups is 2. The van der Waals surface area contributed by atoms with Crippen LogP contribution in [0.1, 0.15) is 25.0 Å². The third-order valence-electron chi connectivity index (χ3n) is 3.76. The van der Waals surface area contributed by atoms with E-state index in [4.69, 9.17) is 18.9 Å². The zero-order valence-electron chi connectivity index (χ0n) is 15.7. The Hall–Kier alpha value is -3.22. The number of rotatable bonds is 7. The minimum absolute atomic E-state index is 0.0559. The van der Waals surface area contributed by atoms with E-state index >= 15 is 0 Å². The summed E-state index contributed by atoms with van der Waals surface area (Å²) in [5.74, 6) is 0.356. The molecule has 0 fully saturated rings. The number of methoxy groups -OCH3 is 2. The molecule has 0 spiro atoms. The molecular weight excluding hydrogens is 352 g/mol. The fraction of sp³-hybridized carbons (Fsp3) is 0.300. The number of hydrogen-bond acceptors (Lipinski definition) is 7. The number of hydrogen-bond donors (Lipinski definition) is 1. The molecule has 144 valence electrons. The van der Waals surface area contributed by atoms with E-state index in [9.17, 15) is 14.7 Å². The van der Waals surface area contributed by atoms with Crippen LogP contribution in [0.4, 0.5) is 0 Å². The Bertz CT molecular complexity index is 842. The topological polar surface area (TPSA) is 91.3 Å². The molecule has 0 bridgehead atoms. The maximum absolute atomic E-state index is 11.5. The average molecular weight is 374 g/mol. The fourth-order valence-corrected chi connectivity index (χ4v) is 2.61. The van der Waals surface area contributed by atoms with Gasteiger partial charge in [0.05, 0.1) is 14.2 Å². The van der Waals surface area contributed by atoms with E-state index in [1.54, 1.807) is 24.3 Å². The van der Waals surface area contributed by atoms with Gasteiger partial charge in [-0.05, 0) is 36.6 Å². The average Bonchev–Trinajstić information content (AvgIpc) is 2.61. The van der Waals surface area contributed by atoms with E-state index in [1.807, 2.05) is 0 Å². The van der Waals surface area contributed by atoms with Crippen LogP contribution in [-0.4, -0.2) is 31.3 Å². The highest BCUT2D eigenvalue weighted by Gasteiger charge is 2.17. The fourth-order valence-electron chi connectivity index (χ4n) is 2.61. The first-order chi connectivity index (χ1) is 12.8. The van der Waals surface area contributed by atoms with Gasteiger partial charge in [-0.2, -0.15) is 0 Å². The van der Waals surface area contributed by atoms with Gasteiger partial charge in [0, 0.05) is 25.5 Å². The van der Waals surface area contributed by atoms with Crippen molar-refractivity contribution in [3.05, 3.63) is 41.5 Å². The summed E-state index contributed by atoms with van der Waals surface area (Å²) >= 11 is 0. The van der Waals surface area contributed by atoms with Gasteiger partial charge in [-0.1, -0.05) is 6.07 Å². The maximum atomic E-state index is 11.5.